The van der Waals surface area contributed by atoms with Crippen molar-refractivity contribution in [3.8, 4) is 5.75 Å². The van der Waals surface area contributed by atoms with E-state index in [0.29, 0.717) is 26.3 Å². The molecule has 4 N–H and O–H groups in total. The first kappa shape index (κ1) is 22.6. The van der Waals surface area contributed by atoms with E-state index in [1.807, 2.05) is 4.90 Å². The van der Waals surface area contributed by atoms with Gasteiger partial charge in [0.25, 0.3) is 0 Å². The molecule has 4 unspecified atom stereocenters. The molecule has 2 aliphatic rings. The molecule has 9 nitrogen and oxygen atoms in total. The van der Waals surface area contributed by atoms with Gasteiger partial charge in [-0.2, -0.15) is 0 Å². The van der Waals surface area contributed by atoms with E-state index in [0.717, 1.165) is 12.1 Å². The van der Waals surface area contributed by atoms with Gasteiger partial charge >= 0.3 is 12.4 Å². The highest BCUT2D eigenvalue weighted by atomic mass is 19.4. The molecule has 30 heavy (non-hydrogen) atoms. The van der Waals surface area contributed by atoms with E-state index < -0.39 is 42.5 Å². The van der Waals surface area contributed by atoms with Gasteiger partial charge in [0.1, 0.15) is 18.0 Å². The Morgan fingerprint density at radius 2 is 1.87 bits per heavy atom. The molecule has 4 atom stereocenters. The van der Waals surface area contributed by atoms with Crippen molar-refractivity contribution in [1.82, 2.24) is 10.2 Å². The number of morpholine rings is 1. The number of carbonyl (C=O) groups is 1. The number of aliphatic hydroxyl groups excluding tert-OH is 2. The Morgan fingerprint density at radius 3 is 2.47 bits per heavy atom. The highest BCUT2D eigenvalue weighted by Crippen LogP contribution is 2.27. The second-order valence-corrected chi connectivity index (χ2v) is 6.93. The van der Waals surface area contributed by atoms with Gasteiger partial charge in [-0.05, 0) is 24.3 Å². The average molecular weight is 435 g/mol. The summed E-state index contributed by atoms with van der Waals surface area (Å²) in [4.78, 5) is 14.2. The van der Waals surface area contributed by atoms with Crippen LogP contribution in [-0.2, 0) is 9.47 Å². The van der Waals surface area contributed by atoms with E-state index in [9.17, 15) is 28.2 Å². The summed E-state index contributed by atoms with van der Waals surface area (Å²) in [5.41, 5.74) is 0.271. The number of carbonyl (C=O) groups excluding carboxylic acids is 1. The molecule has 0 saturated carbocycles. The number of rotatable bonds is 6. The summed E-state index contributed by atoms with van der Waals surface area (Å²) < 4.78 is 51.4. The number of anilines is 1. The summed E-state index contributed by atoms with van der Waals surface area (Å²) >= 11 is 0. The van der Waals surface area contributed by atoms with Crippen molar-refractivity contribution in [2.45, 2.75) is 30.7 Å². The maximum Gasteiger partial charge on any atom is 0.573 e. The molecule has 12 heteroatoms. The first-order chi connectivity index (χ1) is 14.3. The van der Waals surface area contributed by atoms with Crippen LogP contribution in [0.4, 0.5) is 23.7 Å². The third-order valence-electron chi connectivity index (χ3n) is 4.92. The highest BCUT2D eigenvalue weighted by Gasteiger charge is 2.46. The van der Waals surface area contributed by atoms with Crippen molar-refractivity contribution < 1.29 is 42.4 Å². The Morgan fingerprint density at radius 1 is 1.20 bits per heavy atom. The minimum absolute atomic E-state index is 0.0662. The molecule has 168 valence electrons. The van der Waals surface area contributed by atoms with Crippen molar-refractivity contribution in [3.63, 3.8) is 0 Å². The molecule has 3 rings (SSSR count). The van der Waals surface area contributed by atoms with Crippen molar-refractivity contribution in [1.29, 1.82) is 0 Å². The zero-order chi connectivity index (χ0) is 21.7. The van der Waals surface area contributed by atoms with Crippen molar-refractivity contribution in [2.75, 3.05) is 44.8 Å². The van der Waals surface area contributed by atoms with E-state index in [1.54, 1.807) is 0 Å². The minimum atomic E-state index is -4.79. The van der Waals surface area contributed by atoms with Gasteiger partial charge in [-0.3, -0.25) is 4.90 Å². The number of amides is 2. The zero-order valence-electron chi connectivity index (χ0n) is 16.0. The molecular weight excluding hydrogens is 411 g/mol. The van der Waals surface area contributed by atoms with Crippen LogP contribution in [0.15, 0.2) is 24.3 Å². The van der Waals surface area contributed by atoms with Gasteiger partial charge in [0.15, 0.2) is 0 Å². The van der Waals surface area contributed by atoms with Crippen molar-refractivity contribution in [2.24, 2.45) is 0 Å². The van der Waals surface area contributed by atoms with Crippen LogP contribution in [-0.4, -0.2) is 91.3 Å². The van der Waals surface area contributed by atoms with E-state index in [4.69, 9.17) is 9.47 Å². The Bertz CT molecular complexity index is 699. The van der Waals surface area contributed by atoms with Gasteiger partial charge in [0.2, 0.25) is 0 Å². The number of hydrogen-bond donors (Lipinski definition) is 4. The van der Waals surface area contributed by atoms with Crippen LogP contribution >= 0.6 is 0 Å². The molecule has 2 amide bonds. The van der Waals surface area contributed by atoms with Crippen LogP contribution in [0.5, 0.6) is 5.75 Å². The lowest BCUT2D eigenvalue weighted by Crippen LogP contribution is -2.54. The van der Waals surface area contributed by atoms with Crippen LogP contribution < -0.4 is 15.4 Å². The predicted molar refractivity (Wildman–Crippen MR) is 98.1 cm³/mol. The van der Waals surface area contributed by atoms with Gasteiger partial charge in [0.05, 0.1) is 32.0 Å². The Labute approximate surface area is 170 Å². The Kier molecular flexibility index (Phi) is 7.36. The molecule has 2 fully saturated rings. The lowest BCUT2D eigenvalue weighted by Gasteiger charge is -2.36. The van der Waals surface area contributed by atoms with Gasteiger partial charge in [-0.15, -0.1) is 13.2 Å². The summed E-state index contributed by atoms with van der Waals surface area (Å²) in [5, 5.41) is 25.0. The van der Waals surface area contributed by atoms with Crippen LogP contribution in [0.3, 0.4) is 0 Å². The van der Waals surface area contributed by atoms with Crippen LogP contribution in [0.2, 0.25) is 0 Å². The number of ether oxygens (including phenoxy) is 3. The molecular formula is C18H24F3N3O6. The minimum Gasteiger partial charge on any atom is -0.406 e. The monoisotopic (exact) mass is 435 g/mol. The van der Waals surface area contributed by atoms with Crippen LogP contribution in [0.1, 0.15) is 0 Å². The van der Waals surface area contributed by atoms with Gasteiger partial charge in [0, 0.05) is 25.3 Å². The first-order valence-electron chi connectivity index (χ1n) is 9.43. The van der Waals surface area contributed by atoms with Crippen molar-refractivity contribution in [3.05, 3.63) is 24.3 Å². The molecule has 0 bridgehead atoms. The predicted octanol–water partition coefficient (Wildman–Crippen LogP) is 0.528. The molecule has 2 saturated heterocycles. The molecule has 0 radical (unpaired) electrons. The molecule has 0 aliphatic carbocycles. The lowest BCUT2D eigenvalue weighted by molar-refractivity contribution is -0.274. The van der Waals surface area contributed by atoms with Crippen LogP contribution in [0, 0.1) is 0 Å². The van der Waals surface area contributed by atoms with Crippen LogP contribution in [0.25, 0.3) is 0 Å². The van der Waals surface area contributed by atoms with Gasteiger partial charge < -0.3 is 35.1 Å². The smallest absolute Gasteiger partial charge is 0.406 e. The number of nitrogens with zero attached hydrogens (tertiary/aromatic N) is 1. The second kappa shape index (κ2) is 9.79. The average Bonchev–Trinajstić information content (AvgIpc) is 3.03. The highest BCUT2D eigenvalue weighted by molar-refractivity contribution is 5.89. The maximum absolute atomic E-state index is 12.2. The van der Waals surface area contributed by atoms with E-state index >= 15 is 0 Å². The number of urea groups is 1. The summed E-state index contributed by atoms with van der Waals surface area (Å²) in [7, 11) is 0. The van der Waals surface area contributed by atoms with E-state index in [1.165, 1.54) is 12.1 Å². The zero-order valence-corrected chi connectivity index (χ0v) is 16.0. The fraction of sp³-hybridized carbons (Fsp3) is 0.611. The summed E-state index contributed by atoms with van der Waals surface area (Å²) in [6.45, 7) is 1.94. The molecule has 2 aliphatic heterocycles. The van der Waals surface area contributed by atoms with Gasteiger partial charge in [-0.1, -0.05) is 0 Å². The number of halogens is 3. The number of nitrogens with one attached hydrogen (secondary N) is 2. The normalized spacial score (nSPS) is 27.6. The fourth-order valence-corrected chi connectivity index (χ4v) is 3.58. The third kappa shape index (κ3) is 5.95. The van der Waals surface area contributed by atoms with Crippen molar-refractivity contribution >= 4 is 11.7 Å². The lowest BCUT2D eigenvalue weighted by atomic mass is 10.0. The summed E-state index contributed by atoms with van der Waals surface area (Å²) in [6.07, 6.45) is -7.01. The number of aliphatic hydroxyl groups is 2. The summed E-state index contributed by atoms with van der Waals surface area (Å²) in [5.74, 6) is -0.398. The SMILES string of the molecule is O=C(NCC1OC(CO)C(O)C1N1CCOCC1)Nc1ccc(OC(F)(F)F)cc1. The third-order valence-corrected chi connectivity index (χ3v) is 4.92. The second-order valence-electron chi connectivity index (χ2n) is 6.93. The first-order valence-corrected chi connectivity index (χ1v) is 9.43. The summed E-state index contributed by atoms with van der Waals surface area (Å²) in [6, 6.07) is 3.71. The molecule has 0 aromatic heterocycles. The van der Waals surface area contributed by atoms with Gasteiger partial charge in [-0.25, -0.2) is 4.79 Å². The quantitative estimate of drug-likeness (QED) is 0.516. The number of alkyl halides is 3. The maximum atomic E-state index is 12.2. The fourth-order valence-electron chi connectivity index (χ4n) is 3.58. The molecule has 1 aromatic rings. The van der Waals surface area contributed by atoms with E-state index in [-0.39, 0.29) is 18.8 Å². The largest absolute Gasteiger partial charge is 0.573 e. The topological polar surface area (TPSA) is 113 Å². The number of benzene rings is 1. The Hall–Kier alpha value is -2.12. The molecule has 0 spiro atoms. The Balaban J connectivity index is 1.53. The van der Waals surface area contributed by atoms with E-state index in [2.05, 4.69) is 15.4 Å². The standard InChI is InChI=1S/C18H24F3N3O6/c19-18(20,21)30-12-3-1-11(2-4-12)23-17(27)22-9-13-15(16(26)14(10-25)29-13)24-5-7-28-8-6-24/h1-4,13-16,25-26H,5-10H2,(H2,22,23,27). The molecule has 1 aromatic carbocycles. The molecule has 2 heterocycles. The number of hydrogen-bond acceptors (Lipinski definition) is 7.